The van der Waals surface area contributed by atoms with Crippen molar-refractivity contribution >= 4 is 5.69 Å². The second-order valence-electron chi connectivity index (χ2n) is 5.19. The Bertz CT molecular complexity index is 413. The number of nitrogens with zero attached hydrogens (tertiary/aromatic N) is 1. The lowest BCUT2D eigenvalue weighted by molar-refractivity contribution is -0.385. The van der Waals surface area contributed by atoms with Gasteiger partial charge in [-0.2, -0.15) is 0 Å². The largest absolute Gasteiger partial charge is 0.312 e. The van der Waals surface area contributed by atoms with Gasteiger partial charge in [-0.3, -0.25) is 10.1 Å². The molecule has 0 aromatic heterocycles. The molecule has 0 bridgehead atoms. The fourth-order valence-corrected chi connectivity index (χ4v) is 1.45. The molecule has 0 amide bonds. The molecule has 0 saturated carbocycles. The highest BCUT2D eigenvalue weighted by Gasteiger charge is 2.15. The molecule has 94 valence electrons. The summed E-state index contributed by atoms with van der Waals surface area (Å²) >= 11 is 0. The molecule has 0 saturated heterocycles. The molecule has 0 aliphatic rings. The first-order chi connectivity index (χ1) is 7.79. The number of benzene rings is 1. The standard InChI is InChI=1S/C12H17FN2O2/c1-12(2,3)8-14-7-9-6-10(13)4-5-11(9)15(16)17/h4-6,14H,7-8H2,1-3H3. The molecule has 4 nitrogen and oxygen atoms in total. The number of nitrogens with one attached hydrogen (secondary N) is 1. The average Bonchev–Trinajstić information content (AvgIpc) is 2.15. The van der Waals surface area contributed by atoms with Gasteiger partial charge in [0.25, 0.3) is 5.69 Å². The van der Waals surface area contributed by atoms with Gasteiger partial charge in [-0.05, 0) is 17.5 Å². The molecule has 1 N–H and O–H groups in total. The number of halogens is 1. The molecule has 0 atom stereocenters. The highest BCUT2D eigenvalue weighted by Crippen LogP contribution is 2.19. The van der Waals surface area contributed by atoms with E-state index in [1.54, 1.807) is 0 Å². The summed E-state index contributed by atoms with van der Waals surface area (Å²) in [6.07, 6.45) is 0. The van der Waals surface area contributed by atoms with Crippen molar-refractivity contribution < 1.29 is 9.31 Å². The van der Waals surface area contributed by atoms with Crippen molar-refractivity contribution in [2.45, 2.75) is 27.3 Å². The molecule has 0 spiro atoms. The molecule has 0 fully saturated rings. The van der Waals surface area contributed by atoms with Gasteiger partial charge in [0, 0.05) is 24.7 Å². The second-order valence-corrected chi connectivity index (χ2v) is 5.19. The minimum absolute atomic E-state index is 0.0483. The van der Waals surface area contributed by atoms with E-state index in [1.807, 2.05) is 0 Å². The summed E-state index contributed by atoms with van der Waals surface area (Å²) in [6.45, 7) is 7.17. The Morgan fingerprint density at radius 1 is 1.41 bits per heavy atom. The molecule has 17 heavy (non-hydrogen) atoms. The summed E-state index contributed by atoms with van der Waals surface area (Å²) < 4.78 is 13.0. The third-order valence-electron chi connectivity index (χ3n) is 2.21. The Balaban J connectivity index is 2.75. The number of hydrogen-bond acceptors (Lipinski definition) is 3. The maximum atomic E-state index is 13.0. The van der Waals surface area contributed by atoms with Gasteiger partial charge in [0.05, 0.1) is 4.92 Å². The van der Waals surface area contributed by atoms with Crippen molar-refractivity contribution in [1.82, 2.24) is 5.32 Å². The molecular formula is C12H17FN2O2. The van der Waals surface area contributed by atoms with E-state index in [0.717, 1.165) is 6.07 Å². The SMILES string of the molecule is CC(C)(C)CNCc1cc(F)ccc1[N+](=O)[O-]. The summed E-state index contributed by atoms with van der Waals surface area (Å²) in [7, 11) is 0. The maximum Gasteiger partial charge on any atom is 0.274 e. The van der Waals surface area contributed by atoms with Crippen LogP contribution in [0.4, 0.5) is 10.1 Å². The monoisotopic (exact) mass is 240 g/mol. The second kappa shape index (κ2) is 5.23. The first-order valence-corrected chi connectivity index (χ1v) is 5.43. The Hall–Kier alpha value is -1.49. The van der Waals surface area contributed by atoms with Crippen molar-refractivity contribution in [3.8, 4) is 0 Å². The molecule has 0 radical (unpaired) electrons. The zero-order valence-corrected chi connectivity index (χ0v) is 10.3. The van der Waals surface area contributed by atoms with Crippen LogP contribution in [-0.4, -0.2) is 11.5 Å². The molecule has 5 heteroatoms. The zero-order chi connectivity index (χ0) is 13.1. The molecule has 1 rings (SSSR count). The summed E-state index contributed by atoms with van der Waals surface area (Å²) in [5, 5.41) is 13.8. The molecular weight excluding hydrogens is 223 g/mol. The summed E-state index contributed by atoms with van der Waals surface area (Å²) in [6, 6.07) is 3.50. The highest BCUT2D eigenvalue weighted by molar-refractivity contribution is 5.40. The van der Waals surface area contributed by atoms with Crippen LogP contribution in [0, 0.1) is 21.3 Å². The van der Waals surface area contributed by atoms with Gasteiger partial charge in [0.1, 0.15) is 5.82 Å². The number of nitro groups is 1. The van der Waals surface area contributed by atoms with Gasteiger partial charge < -0.3 is 5.32 Å². The van der Waals surface area contributed by atoms with Gasteiger partial charge in [0.15, 0.2) is 0 Å². The zero-order valence-electron chi connectivity index (χ0n) is 10.3. The third-order valence-corrected chi connectivity index (χ3v) is 2.21. The molecule has 1 aromatic rings. The molecule has 0 heterocycles. The predicted octanol–water partition coefficient (Wildman–Crippen LogP) is 2.87. The molecule has 0 unspecified atom stereocenters. The minimum Gasteiger partial charge on any atom is -0.312 e. The Morgan fingerprint density at radius 3 is 2.59 bits per heavy atom. The molecule has 0 aliphatic heterocycles. The van der Waals surface area contributed by atoms with Crippen molar-refractivity contribution in [2.75, 3.05) is 6.54 Å². The van der Waals surface area contributed by atoms with E-state index in [9.17, 15) is 14.5 Å². The van der Waals surface area contributed by atoms with Gasteiger partial charge in [-0.15, -0.1) is 0 Å². The molecule has 1 aromatic carbocycles. The first kappa shape index (κ1) is 13.6. The first-order valence-electron chi connectivity index (χ1n) is 5.43. The Kier molecular flexibility index (Phi) is 4.17. The minimum atomic E-state index is -0.493. The van der Waals surface area contributed by atoms with Gasteiger partial charge in [0.2, 0.25) is 0 Å². The normalized spacial score (nSPS) is 11.5. The number of hydrogen-bond donors (Lipinski definition) is 1. The number of rotatable bonds is 4. The van der Waals surface area contributed by atoms with Gasteiger partial charge in [-0.1, -0.05) is 20.8 Å². The van der Waals surface area contributed by atoms with E-state index in [1.165, 1.54) is 12.1 Å². The van der Waals surface area contributed by atoms with Crippen LogP contribution in [0.2, 0.25) is 0 Å². The van der Waals surface area contributed by atoms with Crippen LogP contribution >= 0.6 is 0 Å². The number of nitro benzene ring substituents is 1. The van der Waals surface area contributed by atoms with E-state index < -0.39 is 10.7 Å². The van der Waals surface area contributed by atoms with Crippen LogP contribution in [0.15, 0.2) is 18.2 Å². The Labute approximate surface area is 100.0 Å². The van der Waals surface area contributed by atoms with Crippen molar-refractivity contribution in [2.24, 2.45) is 5.41 Å². The van der Waals surface area contributed by atoms with Crippen molar-refractivity contribution in [1.29, 1.82) is 0 Å². The highest BCUT2D eigenvalue weighted by atomic mass is 19.1. The van der Waals surface area contributed by atoms with E-state index in [-0.39, 0.29) is 11.1 Å². The predicted molar refractivity (Wildman–Crippen MR) is 64.2 cm³/mol. The van der Waals surface area contributed by atoms with Crippen LogP contribution in [0.3, 0.4) is 0 Å². The smallest absolute Gasteiger partial charge is 0.274 e. The lowest BCUT2D eigenvalue weighted by Gasteiger charge is -2.18. The summed E-state index contributed by atoms with van der Waals surface area (Å²) in [4.78, 5) is 10.3. The lowest BCUT2D eigenvalue weighted by Crippen LogP contribution is -2.26. The fraction of sp³-hybridized carbons (Fsp3) is 0.500. The van der Waals surface area contributed by atoms with Crippen molar-refractivity contribution in [3.05, 3.63) is 39.7 Å². The van der Waals surface area contributed by atoms with Gasteiger partial charge >= 0.3 is 0 Å². The van der Waals surface area contributed by atoms with Crippen LogP contribution < -0.4 is 5.32 Å². The van der Waals surface area contributed by atoms with E-state index in [4.69, 9.17) is 0 Å². The summed E-state index contributed by atoms with van der Waals surface area (Å²) in [5.41, 5.74) is 0.411. The van der Waals surface area contributed by atoms with Crippen LogP contribution in [0.5, 0.6) is 0 Å². The van der Waals surface area contributed by atoms with Crippen LogP contribution in [0.25, 0.3) is 0 Å². The third kappa shape index (κ3) is 4.48. The quantitative estimate of drug-likeness (QED) is 0.650. The van der Waals surface area contributed by atoms with Crippen LogP contribution in [-0.2, 0) is 6.54 Å². The van der Waals surface area contributed by atoms with Crippen molar-refractivity contribution in [3.63, 3.8) is 0 Å². The maximum absolute atomic E-state index is 13.0. The van der Waals surface area contributed by atoms with E-state index >= 15 is 0 Å². The lowest BCUT2D eigenvalue weighted by atomic mass is 9.97. The fourth-order valence-electron chi connectivity index (χ4n) is 1.45. The topological polar surface area (TPSA) is 55.2 Å². The molecule has 0 aliphatic carbocycles. The van der Waals surface area contributed by atoms with Crippen LogP contribution in [0.1, 0.15) is 26.3 Å². The van der Waals surface area contributed by atoms with Gasteiger partial charge in [-0.25, -0.2) is 4.39 Å². The summed E-state index contributed by atoms with van der Waals surface area (Å²) in [5.74, 6) is -0.455. The average molecular weight is 240 g/mol. The Morgan fingerprint density at radius 2 is 2.06 bits per heavy atom. The van der Waals surface area contributed by atoms with E-state index in [0.29, 0.717) is 18.7 Å². The van der Waals surface area contributed by atoms with E-state index in [2.05, 4.69) is 26.1 Å².